The summed E-state index contributed by atoms with van der Waals surface area (Å²) in [5.74, 6) is -1.57. The molecule has 0 aliphatic heterocycles. The van der Waals surface area contributed by atoms with E-state index in [1.54, 1.807) is 0 Å². The second-order valence-electron chi connectivity index (χ2n) is 7.31. The standard InChI is InChI=1S/C21H19F3N2O7S2/c1-4-32-19(27)18-17(13-5-8-15(9-6-13)34(3,28)29)25-20(33-18)35(30,31)26-16-10-7-14(11-12(16)2)21(22,23)24/h5-11,26H,4H2,1-3H3. The Morgan fingerprint density at radius 2 is 1.71 bits per heavy atom. The van der Waals surface area contributed by atoms with Gasteiger partial charge in [0.25, 0.3) is 0 Å². The first-order valence-electron chi connectivity index (χ1n) is 9.82. The highest BCUT2D eigenvalue weighted by molar-refractivity contribution is 7.92. The largest absolute Gasteiger partial charge is 0.460 e. The molecule has 0 aliphatic rings. The molecule has 188 valence electrons. The number of aryl methyl sites for hydroxylation is 1. The molecule has 0 fully saturated rings. The highest BCUT2D eigenvalue weighted by Gasteiger charge is 2.32. The lowest BCUT2D eigenvalue weighted by Crippen LogP contribution is -2.15. The topological polar surface area (TPSA) is 133 Å². The van der Waals surface area contributed by atoms with Crippen LogP contribution >= 0.6 is 0 Å². The quantitative estimate of drug-likeness (QED) is 0.451. The maximum atomic E-state index is 12.9. The molecule has 0 radical (unpaired) electrons. The first kappa shape index (κ1) is 26.2. The molecular formula is C21H19F3N2O7S2. The summed E-state index contributed by atoms with van der Waals surface area (Å²) in [5, 5.41) is -0.943. The number of esters is 1. The van der Waals surface area contributed by atoms with E-state index in [9.17, 15) is 34.8 Å². The lowest BCUT2D eigenvalue weighted by molar-refractivity contribution is -0.137. The normalized spacial score (nSPS) is 12.4. The van der Waals surface area contributed by atoms with E-state index in [0.717, 1.165) is 18.4 Å². The number of halogens is 3. The number of sulfone groups is 1. The zero-order chi connectivity index (χ0) is 26.2. The number of nitrogens with one attached hydrogen (secondary N) is 1. The van der Waals surface area contributed by atoms with E-state index in [1.807, 2.05) is 0 Å². The first-order valence-corrected chi connectivity index (χ1v) is 13.2. The Hall–Kier alpha value is -3.39. The molecule has 1 aromatic heterocycles. The van der Waals surface area contributed by atoms with Crippen molar-refractivity contribution in [3.8, 4) is 11.3 Å². The van der Waals surface area contributed by atoms with Crippen molar-refractivity contribution < 1.29 is 44.0 Å². The summed E-state index contributed by atoms with van der Waals surface area (Å²) < 4.78 is 100. The van der Waals surface area contributed by atoms with Crippen LogP contribution in [0.5, 0.6) is 0 Å². The predicted molar refractivity (Wildman–Crippen MR) is 118 cm³/mol. The zero-order valence-electron chi connectivity index (χ0n) is 18.5. The lowest BCUT2D eigenvalue weighted by Gasteiger charge is -2.12. The average molecular weight is 533 g/mol. The highest BCUT2D eigenvalue weighted by atomic mass is 32.2. The van der Waals surface area contributed by atoms with Crippen LogP contribution in [0.1, 0.15) is 28.6 Å². The fourth-order valence-corrected chi connectivity index (χ4v) is 4.59. The third-order valence-electron chi connectivity index (χ3n) is 4.65. The Bertz CT molecular complexity index is 1480. The van der Waals surface area contributed by atoms with Crippen molar-refractivity contribution in [3.05, 3.63) is 59.4 Å². The van der Waals surface area contributed by atoms with Crippen molar-refractivity contribution in [2.75, 3.05) is 17.6 Å². The van der Waals surface area contributed by atoms with Crippen LogP contribution in [0.4, 0.5) is 18.9 Å². The summed E-state index contributed by atoms with van der Waals surface area (Å²) in [6, 6.07) is 7.52. The molecule has 14 heteroatoms. The molecule has 2 aromatic carbocycles. The number of hydrogen-bond acceptors (Lipinski definition) is 8. The Labute approximate surface area is 198 Å². The first-order chi connectivity index (χ1) is 16.1. The van der Waals surface area contributed by atoms with E-state index in [1.165, 1.54) is 38.1 Å². The van der Waals surface area contributed by atoms with Crippen LogP contribution in [-0.4, -0.2) is 40.7 Å². The second kappa shape index (κ2) is 9.34. The number of oxazole rings is 1. The molecule has 3 rings (SSSR count). The minimum atomic E-state index is -4.61. The lowest BCUT2D eigenvalue weighted by atomic mass is 10.1. The Morgan fingerprint density at radius 3 is 2.23 bits per heavy atom. The fraction of sp³-hybridized carbons (Fsp3) is 0.238. The van der Waals surface area contributed by atoms with E-state index in [0.29, 0.717) is 6.07 Å². The summed E-state index contributed by atoms with van der Waals surface area (Å²) in [6.07, 6.45) is -3.61. The minimum absolute atomic E-state index is 0.0165. The third-order valence-corrected chi connectivity index (χ3v) is 6.90. The van der Waals surface area contributed by atoms with Gasteiger partial charge in [-0.1, -0.05) is 12.1 Å². The molecule has 0 atom stereocenters. The van der Waals surface area contributed by atoms with E-state index in [2.05, 4.69) is 9.71 Å². The van der Waals surface area contributed by atoms with Crippen molar-refractivity contribution in [2.24, 2.45) is 0 Å². The number of anilines is 1. The molecule has 0 saturated heterocycles. The van der Waals surface area contributed by atoms with Crippen molar-refractivity contribution in [2.45, 2.75) is 30.1 Å². The molecular weight excluding hydrogens is 513 g/mol. The molecule has 0 bridgehead atoms. The number of carbonyl (C=O) groups excluding carboxylic acids is 1. The molecule has 0 unspecified atom stereocenters. The van der Waals surface area contributed by atoms with Gasteiger partial charge in [0.1, 0.15) is 5.69 Å². The summed E-state index contributed by atoms with van der Waals surface area (Å²) in [7, 11) is -8.10. The van der Waals surface area contributed by atoms with Gasteiger partial charge in [-0.3, -0.25) is 4.72 Å². The Balaban J connectivity index is 2.04. The number of aromatic nitrogens is 1. The van der Waals surface area contributed by atoms with Crippen LogP contribution in [0.15, 0.2) is 57.0 Å². The maximum absolute atomic E-state index is 12.9. The van der Waals surface area contributed by atoms with Gasteiger partial charge in [0.15, 0.2) is 9.84 Å². The summed E-state index contributed by atoms with van der Waals surface area (Å²) in [4.78, 5) is 16.2. The number of benzene rings is 2. The van der Waals surface area contributed by atoms with Gasteiger partial charge >= 0.3 is 27.4 Å². The summed E-state index contributed by atoms with van der Waals surface area (Å²) >= 11 is 0. The molecule has 0 amide bonds. The number of rotatable bonds is 7. The third kappa shape index (κ3) is 5.82. The molecule has 9 nitrogen and oxygen atoms in total. The van der Waals surface area contributed by atoms with Crippen molar-refractivity contribution in [3.63, 3.8) is 0 Å². The van der Waals surface area contributed by atoms with Gasteiger partial charge in [0.05, 0.1) is 22.8 Å². The van der Waals surface area contributed by atoms with E-state index >= 15 is 0 Å². The SMILES string of the molecule is CCOC(=O)c1oc(S(=O)(=O)Nc2ccc(C(F)(F)F)cc2C)nc1-c1ccc(S(C)(=O)=O)cc1. The fourth-order valence-electron chi connectivity index (χ4n) is 2.95. The van der Waals surface area contributed by atoms with Gasteiger partial charge in [-0.2, -0.15) is 26.6 Å². The predicted octanol–water partition coefficient (Wildman–Crippen LogP) is 4.05. The Morgan fingerprint density at radius 1 is 1.09 bits per heavy atom. The number of hydrogen-bond donors (Lipinski definition) is 1. The van der Waals surface area contributed by atoms with Crippen LogP contribution in [0.2, 0.25) is 0 Å². The van der Waals surface area contributed by atoms with Gasteiger partial charge < -0.3 is 9.15 Å². The summed E-state index contributed by atoms with van der Waals surface area (Å²) in [6.45, 7) is 2.74. The Kier molecular flexibility index (Phi) is 7.00. The number of nitrogens with zero attached hydrogens (tertiary/aromatic N) is 1. The van der Waals surface area contributed by atoms with Gasteiger partial charge in [-0.05, 0) is 49.7 Å². The number of ether oxygens (including phenoxy) is 1. The second-order valence-corrected chi connectivity index (χ2v) is 10.9. The van der Waals surface area contributed by atoms with Crippen LogP contribution in [0.3, 0.4) is 0 Å². The molecule has 0 saturated carbocycles. The minimum Gasteiger partial charge on any atom is -0.460 e. The molecule has 35 heavy (non-hydrogen) atoms. The highest BCUT2D eigenvalue weighted by Crippen LogP contribution is 2.33. The molecule has 1 N–H and O–H groups in total. The van der Waals surface area contributed by atoms with E-state index in [4.69, 9.17) is 9.15 Å². The van der Waals surface area contributed by atoms with Crippen molar-refractivity contribution in [1.29, 1.82) is 0 Å². The van der Waals surface area contributed by atoms with E-state index < -0.39 is 48.6 Å². The zero-order valence-corrected chi connectivity index (χ0v) is 20.1. The van der Waals surface area contributed by atoms with Crippen molar-refractivity contribution >= 4 is 31.5 Å². The van der Waals surface area contributed by atoms with E-state index in [-0.39, 0.29) is 34.0 Å². The monoisotopic (exact) mass is 532 g/mol. The summed E-state index contributed by atoms with van der Waals surface area (Å²) in [5.41, 5.74) is -1.20. The average Bonchev–Trinajstić information content (AvgIpc) is 3.21. The van der Waals surface area contributed by atoms with Gasteiger partial charge in [0, 0.05) is 11.8 Å². The van der Waals surface area contributed by atoms with Crippen LogP contribution in [0, 0.1) is 6.92 Å². The smallest absolute Gasteiger partial charge is 0.416 e. The van der Waals surface area contributed by atoms with Gasteiger partial charge in [-0.25, -0.2) is 13.2 Å². The maximum Gasteiger partial charge on any atom is 0.416 e. The van der Waals surface area contributed by atoms with Crippen LogP contribution in [0.25, 0.3) is 11.3 Å². The molecule has 0 aliphatic carbocycles. The van der Waals surface area contributed by atoms with Crippen LogP contribution in [-0.2, 0) is 30.8 Å². The molecule has 1 heterocycles. The van der Waals surface area contributed by atoms with Crippen molar-refractivity contribution in [1.82, 2.24) is 4.98 Å². The number of carbonyl (C=O) groups is 1. The van der Waals surface area contributed by atoms with Gasteiger partial charge in [-0.15, -0.1) is 0 Å². The number of sulfonamides is 1. The van der Waals surface area contributed by atoms with Gasteiger partial charge in [0.2, 0.25) is 5.76 Å². The molecule has 3 aromatic rings. The van der Waals surface area contributed by atoms with Crippen LogP contribution < -0.4 is 4.72 Å². The number of alkyl halides is 3. The molecule has 0 spiro atoms.